The molecule has 0 aromatic rings. The zero-order valence-electron chi connectivity index (χ0n) is 10.9. The summed E-state index contributed by atoms with van der Waals surface area (Å²) in [7, 11) is 0. The number of fused-ring (bicyclic) bond motifs is 3. The van der Waals surface area contributed by atoms with Gasteiger partial charge in [-0.3, -0.25) is 25.7 Å². The number of hydrazine groups is 1. The maximum Gasteiger partial charge on any atom is 0.411 e. The summed E-state index contributed by atoms with van der Waals surface area (Å²) in [6.45, 7) is 1.98. The van der Waals surface area contributed by atoms with Gasteiger partial charge in [-0.05, 0) is 18.9 Å². The van der Waals surface area contributed by atoms with Crippen LogP contribution in [0.5, 0.6) is 0 Å². The Hall–Kier alpha value is -2.15. The number of nitrogens with zero attached hydrogens (tertiary/aromatic N) is 2. The fourth-order valence-corrected chi connectivity index (χ4v) is 3.20. The maximum absolute atomic E-state index is 11.2. The van der Waals surface area contributed by atoms with Gasteiger partial charge in [0, 0.05) is 24.2 Å². The SMILES string of the molecule is O=C(O)N1C=CC2=C(C1)C1=C3NOCC3CCCN1N2. The van der Waals surface area contributed by atoms with Gasteiger partial charge in [-0.25, -0.2) is 4.79 Å². The first-order chi connectivity index (χ1) is 9.74. The van der Waals surface area contributed by atoms with E-state index in [1.807, 2.05) is 6.08 Å². The molecule has 4 aliphatic rings. The second-order valence-corrected chi connectivity index (χ2v) is 5.40. The molecule has 1 fully saturated rings. The van der Waals surface area contributed by atoms with Crippen LogP contribution in [-0.4, -0.2) is 40.8 Å². The van der Waals surface area contributed by atoms with Crippen molar-refractivity contribution in [1.29, 1.82) is 0 Å². The first-order valence-electron chi connectivity index (χ1n) is 6.81. The van der Waals surface area contributed by atoms with Crippen LogP contribution in [0.4, 0.5) is 4.79 Å². The highest BCUT2D eigenvalue weighted by Crippen LogP contribution is 2.37. The highest BCUT2D eigenvalue weighted by molar-refractivity contribution is 5.68. The number of carbonyl (C=O) groups is 1. The molecular formula is C13H16N4O3. The van der Waals surface area contributed by atoms with Crippen molar-refractivity contribution < 1.29 is 14.7 Å². The quantitative estimate of drug-likeness (QED) is 0.605. The zero-order valence-corrected chi connectivity index (χ0v) is 10.9. The first kappa shape index (κ1) is 11.7. The molecule has 1 saturated heterocycles. The number of hydroxylamine groups is 1. The average molecular weight is 276 g/mol. The number of carboxylic acid groups (broad SMARTS) is 1. The van der Waals surface area contributed by atoms with Crippen molar-refractivity contribution in [1.82, 2.24) is 20.8 Å². The smallest absolute Gasteiger partial charge is 0.411 e. The summed E-state index contributed by atoms with van der Waals surface area (Å²) in [5, 5.41) is 11.3. The number of hydrogen-bond acceptors (Lipinski definition) is 5. The Labute approximate surface area is 116 Å². The lowest BCUT2D eigenvalue weighted by Gasteiger charge is -2.22. The van der Waals surface area contributed by atoms with Gasteiger partial charge < -0.3 is 5.11 Å². The Morgan fingerprint density at radius 1 is 1.50 bits per heavy atom. The van der Waals surface area contributed by atoms with Gasteiger partial charge in [0.05, 0.1) is 30.2 Å². The minimum atomic E-state index is -0.933. The second-order valence-electron chi connectivity index (χ2n) is 5.40. The third kappa shape index (κ3) is 1.59. The molecule has 106 valence electrons. The van der Waals surface area contributed by atoms with Crippen molar-refractivity contribution in [3.05, 3.63) is 34.9 Å². The Morgan fingerprint density at radius 3 is 3.25 bits per heavy atom. The molecule has 0 aromatic heterocycles. The van der Waals surface area contributed by atoms with E-state index in [2.05, 4.69) is 15.9 Å². The van der Waals surface area contributed by atoms with Crippen LogP contribution < -0.4 is 10.9 Å². The fraction of sp³-hybridized carbons (Fsp3) is 0.462. The molecule has 1 amide bonds. The van der Waals surface area contributed by atoms with Crippen LogP contribution in [0.1, 0.15) is 12.8 Å². The number of nitrogens with one attached hydrogen (secondary N) is 2. The Bertz CT molecular complexity index is 566. The van der Waals surface area contributed by atoms with E-state index in [1.54, 1.807) is 6.20 Å². The molecule has 4 rings (SSSR count). The Morgan fingerprint density at radius 2 is 2.40 bits per heavy atom. The van der Waals surface area contributed by atoms with E-state index in [0.717, 1.165) is 42.1 Å². The molecule has 0 bridgehead atoms. The molecule has 7 heteroatoms. The van der Waals surface area contributed by atoms with Gasteiger partial charge in [0.15, 0.2) is 0 Å². The van der Waals surface area contributed by atoms with Crippen LogP contribution >= 0.6 is 0 Å². The summed E-state index contributed by atoms with van der Waals surface area (Å²) >= 11 is 0. The van der Waals surface area contributed by atoms with E-state index in [1.165, 1.54) is 4.90 Å². The van der Waals surface area contributed by atoms with Gasteiger partial charge in [-0.2, -0.15) is 0 Å². The molecule has 3 N–H and O–H groups in total. The van der Waals surface area contributed by atoms with Crippen LogP contribution in [0.2, 0.25) is 0 Å². The fourth-order valence-electron chi connectivity index (χ4n) is 3.20. The predicted molar refractivity (Wildman–Crippen MR) is 69.6 cm³/mol. The van der Waals surface area contributed by atoms with Crippen LogP contribution in [0.3, 0.4) is 0 Å². The first-order valence-corrected chi connectivity index (χ1v) is 6.81. The molecule has 0 spiro atoms. The summed E-state index contributed by atoms with van der Waals surface area (Å²) < 4.78 is 0. The third-order valence-corrected chi connectivity index (χ3v) is 4.20. The number of allylic oxidation sites excluding steroid dienone is 1. The highest BCUT2D eigenvalue weighted by atomic mass is 16.7. The summed E-state index contributed by atoms with van der Waals surface area (Å²) in [4.78, 5) is 17.8. The van der Waals surface area contributed by atoms with E-state index in [-0.39, 0.29) is 0 Å². The molecule has 4 aliphatic heterocycles. The summed E-state index contributed by atoms with van der Waals surface area (Å²) in [6, 6.07) is 0. The van der Waals surface area contributed by atoms with Crippen molar-refractivity contribution in [2.24, 2.45) is 5.92 Å². The van der Waals surface area contributed by atoms with Crippen LogP contribution in [0, 0.1) is 5.92 Å². The van der Waals surface area contributed by atoms with E-state index in [4.69, 9.17) is 9.94 Å². The molecule has 0 aliphatic carbocycles. The minimum absolute atomic E-state index is 0.373. The van der Waals surface area contributed by atoms with Gasteiger partial charge in [0.2, 0.25) is 0 Å². The van der Waals surface area contributed by atoms with Crippen LogP contribution in [0.25, 0.3) is 0 Å². The maximum atomic E-state index is 11.2. The van der Waals surface area contributed by atoms with E-state index >= 15 is 0 Å². The number of rotatable bonds is 0. The molecule has 0 saturated carbocycles. The lowest BCUT2D eigenvalue weighted by molar-refractivity contribution is 0.0997. The molecule has 0 aromatic carbocycles. The lowest BCUT2D eigenvalue weighted by atomic mass is 9.98. The van der Waals surface area contributed by atoms with E-state index < -0.39 is 6.09 Å². The lowest BCUT2D eigenvalue weighted by Crippen LogP contribution is -2.32. The molecule has 1 atom stereocenters. The van der Waals surface area contributed by atoms with Gasteiger partial charge >= 0.3 is 6.09 Å². The molecule has 7 nitrogen and oxygen atoms in total. The van der Waals surface area contributed by atoms with Crippen LogP contribution in [0.15, 0.2) is 34.9 Å². The molecule has 0 radical (unpaired) electrons. The minimum Gasteiger partial charge on any atom is -0.465 e. The Kier molecular flexibility index (Phi) is 2.43. The van der Waals surface area contributed by atoms with Crippen molar-refractivity contribution in [2.75, 3.05) is 19.7 Å². The van der Waals surface area contributed by atoms with E-state index in [9.17, 15) is 4.79 Å². The van der Waals surface area contributed by atoms with Crippen molar-refractivity contribution in [3.63, 3.8) is 0 Å². The number of hydrogen-bond donors (Lipinski definition) is 3. The largest absolute Gasteiger partial charge is 0.465 e. The van der Waals surface area contributed by atoms with Gasteiger partial charge in [-0.1, -0.05) is 0 Å². The molecule has 4 heterocycles. The average Bonchev–Trinajstić information content (AvgIpc) is 2.98. The standard InChI is InChI=1S/C13H16N4O3/c18-13(19)16-5-3-10-9(6-16)12-11-8(7-20-15-11)2-1-4-17(12)14-10/h3,5,8,14-15H,1-2,4,6-7H2,(H,18,19). The molecule has 1 unspecified atom stereocenters. The normalized spacial score (nSPS) is 27.7. The summed E-state index contributed by atoms with van der Waals surface area (Å²) in [5.41, 5.74) is 10.5. The Balaban J connectivity index is 1.76. The summed E-state index contributed by atoms with van der Waals surface area (Å²) in [5.74, 6) is 0.382. The van der Waals surface area contributed by atoms with Crippen molar-refractivity contribution in [3.8, 4) is 0 Å². The van der Waals surface area contributed by atoms with Crippen LogP contribution in [-0.2, 0) is 4.84 Å². The molecular weight excluding hydrogens is 260 g/mol. The van der Waals surface area contributed by atoms with Crippen molar-refractivity contribution in [2.45, 2.75) is 12.8 Å². The topological polar surface area (TPSA) is 77.1 Å². The van der Waals surface area contributed by atoms with Gasteiger partial charge in [-0.15, -0.1) is 0 Å². The summed E-state index contributed by atoms with van der Waals surface area (Å²) in [6.07, 6.45) is 4.66. The third-order valence-electron chi connectivity index (χ3n) is 4.20. The van der Waals surface area contributed by atoms with Crippen molar-refractivity contribution >= 4 is 6.09 Å². The zero-order chi connectivity index (χ0) is 13.7. The predicted octanol–water partition coefficient (Wildman–Crippen LogP) is 0.724. The number of amides is 1. The van der Waals surface area contributed by atoms with E-state index in [0.29, 0.717) is 19.1 Å². The monoisotopic (exact) mass is 276 g/mol. The highest BCUT2D eigenvalue weighted by Gasteiger charge is 2.38. The second kappa shape index (κ2) is 4.17. The van der Waals surface area contributed by atoms with Gasteiger partial charge in [0.25, 0.3) is 0 Å². The van der Waals surface area contributed by atoms with Gasteiger partial charge in [0.1, 0.15) is 0 Å². The molecule has 20 heavy (non-hydrogen) atoms.